The van der Waals surface area contributed by atoms with Crippen molar-refractivity contribution >= 4 is 32.8 Å². The SMILES string of the molecule is CS(=O)(=O)OCc1ccc(-c2ccc3n[nH]nc3c2C(Cl)C2CC2)cc1. The second kappa shape index (κ2) is 6.64. The maximum Gasteiger partial charge on any atom is 0.264 e. The van der Waals surface area contributed by atoms with Gasteiger partial charge in [0, 0.05) is 5.56 Å². The second-order valence-electron chi connectivity index (χ2n) is 6.62. The molecule has 0 amide bonds. The lowest BCUT2D eigenvalue weighted by atomic mass is 9.94. The van der Waals surface area contributed by atoms with Crippen LogP contribution >= 0.6 is 11.6 Å². The summed E-state index contributed by atoms with van der Waals surface area (Å²) in [6, 6.07) is 11.6. The Kier molecular flexibility index (Phi) is 4.46. The Labute approximate surface area is 156 Å². The lowest BCUT2D eigenvalue weighted by Crippen LogP contribution is -2.02. The Balaban J connectivity index is 1.71. The maximum absolute atomic E-state index is 11.1. The molecule has 26 heavy (non-hydrogen) atoms. The zero-order valence-electron chi connectivity index (χ0n) is 14.1. The Hall–Kier alpha value is -1.96. The van der Waals surface area contributed by atoms with E-state index in [9.17, 15) is 8.42 Å². The van der Waals surface area contributed by atoms with Crippen LogP contribution in [0.2, 0.25) is 0 Å². The second-order valence-corrected chi connectivity index (χ2v) is 8.73. The molecule has 1 unspecified atom stereocenters. The number of H-pyrrole nitrogens is 1. The van der Waals surface area contributed by atoms with Crippen molar-refractivity contribution in [3.63, 3.8) is 0 Å². The molecule has 0 spiro atoms. The number of aromatic nitrogens is 3. The largest absolute Gasteiger partial charge is 0.265 e. The van der Waals surface area contributed by atoms with Crippen molar-refractivity contribution in [1.82, 2.24) is 15.4 Å². The van der Waals surface area contributed by atoms with Gasteiger partial charge in [-0.05, 0) is 41.5 Å². The number of hydrogen-bond acceptors (Lipinski definition) is 5. The van der Waals surface area contributed by atoms with Crippen LogP contribution in [0.25, 0.3) is 22.2 Å². The molecule has 3 aromatic rings. The number of halogens is 1. The van der Waals surface area contributed by atoms with Crippen LogP contribution in [0.4, 0.5) is 0 Å². The molecule has 6 nitrogen and oxygen atoms in total. The van der Waals surface area contributed by atoms with E-state index < -0.39 is 10.1 Å². The fourth-order valence-electron chi connectivity index (χ4n) is 3.04. The fraction of sp³-hybridized carbons (Fsp3) is 0.333. The summed E-state index contributed by atoms with van der Waals surface area (Å²) >= 11 is 6.76. The third-order valence-electron chi connectivity index (χ3n) is 4.54. The molecule has 0 saturated heterocycles. The number of benzene rings is 2. The molecule has 1 atom stereocenters. The highest BCUT2D eigenvalue weighted by atomic mass is 35.5. The van der Waals surface area contributed by atoms with Gasteiger partial charge in [-0.3, -0.25) is 4.18 Å². The zero-order chi connectivity index (χ0) is 18.3. The lowest BCUT2D eigenvalue weighted by molar-refractivity contribution is 0.312. The third kappa shape index (κ3) is 3.60. The van der Waals surface area contributed by atoms with Gasteiger partial charge in [0.1, 0.15) is 11.0 Å². The molecule has 1 aliphatic carbocycles. The first-order valence-corrected chi connectivity index (χ1v) is 10.6. The van der Waals surface area contributed by atoms with Crippen LogP contribution < -0.4 is 0 Å². The smallest absolute Gasteiger partial charge is 0.264 e. The summed E-state index contributed by atoms with van der Waals surface area (Å²) in [5.74, 6) is 0.472. The van der Waals surface area contributed by atoms with E-state index >= 15 is 0 Å². The van der Waals surface area contributed by atoms with Crippen molar-refractivity contribution in [3.8, 4) is 11.1 Å². The number of nitrogens with zero attached hydrogens (tertiary/aromatic N) is 2. The van der Waals surface area contributed by atoms with Crippen molar-refractivity contribution in [3.05, 3.63) is 47.5 Å². The average Bonchev–Trinajstić information content (AvgIpc) is 3.36. The van der Waals surface area contributed by atoms with Gasteiger partial charge in [0.2, 0.25) is 0 Å². The molecule has 1 N–H and O–H groups in total. The number of alkyl halides is 1. The molecule has 2 aromatic carbocycles. The standard InChI is InChI=1S/C18H18ClN3O3S/c1-26(23,24)25-10-11-2-4-12(5-3-11)14-8-9-15-18(21-22-20-15)16(14)17(19)13-6-7-13/h2-5,8-9,13,17H,6-7,10H2,1H3,(H,20,21,22). The van der Waals surface area contributed by atoms with E-state index in [0.29, 0.717) is 5.92 Å². The number of nitrogens with one attached hydrogen (secondary N) is 1. The van der Waals surface area contributed by atoms with Gasteiger partial charge in [-0.15, -0.1) is 11.6 Å². The summed E-state index contributed by atoms with van der Waals surface area (Å²) in [6.07, 6.45) is 3.30. The monoisotopic (exact) mass is 391 g/mol. The summed E-state index contributed by atoms with van der Waals surface area (Å²) < 4.78 is 27.1. The number of rotatable bonds is 6. The Bertz CT molecular complexity index is 1040. The van der Waals surface area contributed by atoms with Crippen LogP contribution in [-0.4, -0.2) is 30.1 Å². The molecule has 0 radical (unpaired) electrons. The van der Waals surface area contributed by atoms with Gasteiger partial charge in [0.25, 0.3) is 10.1 Å². The molecular formula is C18H18ClN3O3S. The predicted molar refractivity (Wildman–Crippen MR) is 100 cm³/mol. The van der Waals surface area contributed by atoms with E-state index in [-0.39, 0.29) is 12.0 Å². The summed E-state index contributed by atoms with van der Waals surface area (Å²) in [7, 11) is -3.46. The average molecular weight is 392 g/mol. The van der Waals surface area contributed by atoms with Crippen LogP contribution in [0.1, 0.15) is 29.3 Å². The fourth-order valence-corrected chi connectivity index (χ4v) is 3.87. The highest BCUT2D eigenvalue weighted by molar-refractivity contribution is 7.85. The van der Waals surface area contributed by atoms with E-state index in [0.717, 1.165) is 52.4 Å². The predicted octanol–water partition coefficient (Wildman–Crippen LogP) is 3.79. The van der Waals surface area contributed by atoms with E-state index in [2.05, 4.69) is 15.4 Å². The third-order valence-corrected chi connectivity index (χ3v) is 5.66. The van der Waals surface area contributed by atoms with Crippen LogP contribution in [-0.2, 0) is 20.9 Å². The van der Waals surface area contributed by atoms with Crippen molar-refractivity contribution in [2.24, 2.45) is 5.92 Å². The van der Waals surface area contributed by atoms with Gasteiger partial charge in [-0.1, -0.05) is 30.3 Å². The molecule has 1 fully saturated rings. The highest BCUT2D eigenvalue weighted by Crippen LogP contribution is 2.49. The summed E-state index contributed by atoms with van der Waals surface area (Å²) in [6.45, 7) is 0.0223. The topological polar surface area (TPSA) is 84.9 Å². The van der Waals surface area contributed by atoms with Crippen molar-refractivity contribution in [2.45, 2.75) is 24.8 Å². The zero-order valence-corrected chi connectivity index (χ0v) is 15.7. The molecule has 0 bridgehead atoms. The van der Waals surface area contributed by atoms with E-state index in [4.69, 9.17) is 15.8 Å². The first kappa shape index (κ1) is 17.5. The van der Waals surface area contributed by atoms with Crippen LogP contribution in [0.5, 0.6) is 0 Å². The highest BCUT2D eigenvalue weighted by Gasteiger charge is 2.34. The Morgan fingerprint density at radius 2 is 1.92 bits per heavy atom. The van der Waals surface area contributed by atoms with E-state index in [1.807, 2.05) is 36.4 Å². The van der Waals surface area contributed by atoms with E-state index in [1.54, 1.807) is 0 Å². The molecule has 1 aliphatic rings. The summed E-state index contributed by atoms with van der Waals surface area (Å²) in [5.41, 5.74) is 5.41. The normalized spacial score (nSPS) is 16.1. The number of fused-ring (bicyclic) bond motifs is 1. The van der Waals surface area contributed by atoms with Gasteiger partial charge >= 0.3 is 0 Å². The number of hydrogen-bond donors (Lipinski definition) is 1. The van der Waals surface area contributed by atoms with Crippen molar-refractivity contribution in [1.29, 1.82) is 0 Å². The van der Waals surface area contributed by atoms with Crippen LogP contribution in [0, 0.1) is 5.92 Å². The summed E-state index contributed by atoms with van der Waals surface area (Å²) in [5, 5.41) is 11.0. The molecule has 1 aromatic heterocycles. The van der Waals surface area contributed by atoms with Gasteiger partial charge in [-0.25, -0.2) is 0 Å². The summed E-state index contributed by atoms with van der Waals surface area (Å²) in [4.78, 5) is 0. The van der Waals surface area contributed by atoms with Crippen LogP contribution in [0.3, 0.4) is 0 Å². The van der Waals surface area contributed by atoms with Gasteiger partial charge in [0.05, 0.1) is 18.2 Å². The first-order chi connectivity index (χ1) is 12.4. The van der Waals surface area contributed by atoms with Gasteiger partial charge in [0.15, 0.2) is 0 Å². The quantitative estimate of drug-likeness (QED) is 0.510. The Morgan fingerprint density at radius 3 is 2.58 bits per heavy atom. The van der Waals surface area contributed by atoms with Gasteiger partial charge < -0.3 is 0 Å². The van der Waals surface area contributed by atoms with Crippen LogP contribution in [0.15, 0.2) is 36.4 Å². The molecule has 1 saturated carbocycles. The minimum atomic E-state index is -3.46. The first-order valence-electron chi connectivity index (χ1n) is 8.33. The molecular weight excluding hydrogens is 374 g/mol. The van der Waals surface area contributed by atoms with Gasteiger partial charge in [-0.2, -0.15) is 23.8 Å². The van der Waals surface area contributed by atoms with Crippen molar-refractivity contribution < 1.29 is 12.6 Å². The molecule has 8 heteroatoms. The molecule has 136 valence electrons. The molecule has 0 aliphatic heterocycles. The maximum atomic E-state index is 11.1. The lowest BCUT2D eigenvalue weighted by Gasteiger charge is -2.15. The van der Waals surface area contributed by atoms with E-state index in [1.165, 1.54) is 0 Å². The number of aromatic amines is 1. The molecule has 1 heterocycles. The minimum Gasteiger partial charge on any atom is -0.265 e. The Morgan fingerprint density at radius 1 is 1.19 bits per heavy atom. The minimum absolute atomic E-state index is 0.0223. The molecule has 4 rings (SSSR count). The van der Waals surface area contributed by atoms with Crippen molar-refractivity contribution in [2.75, 3.05) is 6.26 Å².